The van der Waals surface area contributed by atoms with Crippen molar-refractivity contribution in [3.8, 4) is 0 Å². The van der Waals surface area contributed by atoms with Gasteiger partial charge in [0, 0.05) is 11.0 Å². The van der Waals surface area contributed by atoms with Crippen LogP contribution in [0.15, 0.2) is 53.8 Å². The molecule has 0 aromatic rings. The van der Waals surface area contributed by atoms with Crippen molar-refractivity contribution in [3.63, 3.8) is 0 Å². The lowest BCUT2D eigenvalue weighted by molar-refractivity contribution is 0.477. The zero-order valence-corrected chi connectivity index (χ0v) is 63.6. The molecule has 0 aliphatic rings. The third kappa shape index (κ3) is 69.6. The molecule has 0 saturated heterocycles. The Hall–Kier alpha value is -1.26. The van der Waals surface area contributed by atoms with Crippen molar-refractivity contribution in [2.24, 2.45) is 5.41 Å². The summed E-state index contributed by atoms with van der Waals surface area (Å²) in [5.74, 6) is 0. The molecular formula is C90H172. The lowest BCUT2D eigenvalue weighted by atomic mass is 9.74. The van der Waals surface area contributed by atoms with E-state index in [9.17, 15) is 0 Å². The van der Waals surface area contributed by atoms with Crippen LogP contribution < -0.4 is 0 Å². The molecule has 1 atom stereocenters. The summed E-state index contributed by atoms with van der Waals surface area (Å²) in [5.41, 5.74) is 5.57. The molecule has 0 radical (unpaired) electrons. The summed E-state index contributed by atoms with van der Waals surface area (Å²) in [7, 11) is 0. The third-order valence-electron chi connectivity index (χ3n) is 20.7. The molecule has 0 spiro atoms. The van der Waals surface area contributed by atoms with Crippen LogP contribution in [0.2, 0.25) is 0 Å². The Labute approximate surface area is 572 Å². The Bertz CT molecular complexity index is 1450. The van der Waals surface area contributed by atoms with Crippen LogP contribution in [0.25, 0.3) is 0 Å². The summed E-state index contributed by atoms with van der Waals surface area (Å²) in [5, 5.41) is 0. The van der Waals surface area contributed by atoms with Crippen molar-refractivity contribution in [1.29, 1.82) is 0 Å². The highest BCUT2D eigenvalue weighted by molar-refractivity contribution is 5.37. The van der Waals surface area contributed by atoms with E-state index in [0.29, 0.717) is 0 Å². The van der Waals surface area contributed by atoms with Crippen LogP contribution in [0.5, 0.6) is 0 Å². The molecule has 532 valence electrons. The largest absolute Gasteiger partial charge is 0.120 e. The maximum absolute atomic E-state index is 4.17. The summed E-state index contributed by atoms with van der Waals surface area (Å²) < 4.78 is 0. The number of rotatable bonds is 79. The van der Waals surface area contributed by atoms with Crippen LogP contribution in [0, 0.1) is 5.41 Å². The SMILES string of the molecule is CCCCCCCCCCCCCCCCC=C=C(/C=C/CCCCCCCCCCCCCCCC)C(C=CCCCCCCCCCCCCCCCCC)(C=CCCCCCCCCCCCCCCCCCC)CCCCCCCCCCCCC. The normalized spacial score (nSPS) is 12.6. The lowest BCUT2D eigenvalue weighted by Crippen LogP contribution is -2.17. The Morgan fingerprint density at radius 1 is 0.200 bits per heavy atom. The topological polar surface area (TPSA) is 0 Å². The van der Waals surface area contributed by atoms with E-state index in [1.54, 1.807) is 0 Å². The van der Waals surface area contributed by atoms with Crippen LogP contribution in [-0.2, 0) is 0 Å². The second kappa shape index (κ2) is 80.2. The van der Waals surface area contributed by atoms with Gasteiger partial charge in [-0.15, -0.1) is 5.73 Å². The van der Waals surface area contributed by atoms with E-state index < -0.39 is 0 Å². The molecule has 0 heterocycles. The summed E-state index contributed by atoms with van der Waals surface area (Å²) >= 11 is 0. The highest BCUT2D eigenvalue weighted by Gasteiger charge is 2.27. The molecule has 0 rings (SSSR count). The number of unbranched alkanes of at least 4 members (excludes halogenated alkanes) is 69. The summed E-state index contributed by atoms with van der Waals surface area (Å²) in [6, 6.07) is 0. The summed E-state index contributed by atoms with van der Waals surface area (Å²) in [6.07, 6.45) is 125. The first-order valence-corrected chi connectivity index (χ1v) is 43.2. The minimum absolute atomic E-state index is 0.0676. The van der Waals surface area contributed by atoms with E-state index in [0.717, 1.165) is 0 Å². The average Bonchev–Trinajstić information content (AvgIpc) is 2.44. The van der Waals surface area contributed by atoms with Crippen LogP contribution in [0.3, 0.4) is 0 Å². The first-order chi connectivity index (χ1) is 44.7. The van der Waals surface area contributed by atoms with Crippen LogP contribution in [0.4, 0.5) is 0 Å². The molecule has 0 heteroatoms. The first-order valence-electron chi connectivity index (χ1n) is 43.2. The molecule has 0 aromatic carbocycles. The minimum Gasteiger partial charge on any atom is -0.120 e. The molecule has 0 saturated carbocycles. The Balaban J connectivity index is 6.18. The standard InChI is InChI=1S/C90H172/c1-6-11-16-21-26-31-36-40-44-48-50-54-58-63-68-73-78-83-88-90(86-81-76-71-66-61-35-30-25-20-15-10-5,87-82-77-72-67-62-57-53-49-45-41-37-32-27-22-17-12-7-2)89(84-79-74-69-64-59-55-51-46-42-38-33-28-23-18-13-8-3)85-80-75-70-65-60-56-52-47-43-39-34-29-24-19-14-9-4/h79-80,82-84,87-88H,6-78,81,86H2,1-5H3/b84-79+,87-82?,88-83?. The predicted octanol–water partition coefficient (Wildman–Crippen LogP) is 34.1. The molecule has 0 N–H and O–H groups in total. The fraction of sp³-hybridized carbons (Fsp3) is 0.900. The molecule has 0 aliphatic heterocycles. The number of hydrogen-bond donors (Lipinski definition) is 0. The van der Waals surface area contributed by atoms with Gasteiger partial charge in [-0.3, -0.25) is 0 Å². The van der Waals surface area contributed by atoms with Crippen LogP contribution in [0.1, 0.15) is 516 Å². The van der Waals surface area contributed by atoms with E-state index in [1.165, 1.54) is 487 Å². The van der Waals surface area contributed by atoms with E-state index in [-0.39, 0.29) is 5.41 Å². The minimum atomic E-state index is -0.0676. The zero-order valence-electron chi connectivity index (χ0n) is 63.6. The molecular weight excluding hydrogens is 1080 g/mol. The van der Waals surface area contributed by atoms with Crippen molar-refractivity contribution in [3.05, 3.63) is 53.8 Å². The Kier molecular flexibility index (Phi) is 79.1. The molecule has 1 unspecified atom stereocenters. The van der Waals surface area contributed by atoms with Gasteiger partial charge < -0.3 is 0 Å². The van der Waals surface area contributed by atoms with Gasteiger partial charge in [-0.25, -0.2) is 0 Å². The van der Waals surface area contributed by atoms with Gasteiger partial charge in [-0.1, -0.05) is 495 Å². The second-order valence-corrected chi connectivity index (χ2v) is 29.9. The predicted molar refractivity (Wildman–Crippen MR) is 416 cm³/mol. The molecule has 0 amide bonds. The molecule has 0 aliphatic carbocycles. The molecule has 0 fully saturated rings. The Morgan fingerprint density at radius 3 is 0.600 bits per heavy atom. The van der Waals surface area contributed by atoms with Crippen molar-refractivity contribution in [2.75, 3.05) is 0 Å². The fourth-order valence-corrected chi connectivity index (χ4v) is 14.3. The Morgan fingerprint density at radius 2 is 0.378 bits per heavy atom. The third-order valence-corrected chi connectivity index (χ3v) is 20.7. The number of hydrogen-bond acceptors (Lipinski definition) is 0. The summed E-state index contributed by atoms with van der Waals surface area (Å²) in [4.78, 5) is 0. The van der Waals surface area contributed by atoms with Gasteiger partial charge in [0.25, 0.3) is 0 Å². The van der Waals surface area contributed by atoms with E-state index in [2.05, 4.69) is 82.9 Å². The highest BCUT2D eigenvalue weighted by atomic mass is 14.3. The van der Waals surface area contributed by atoms with E-state index in [4.69, 9.17) is 0 Å². The quantitative estimate of drug-likeness (QED) is 0.0246. The van der Waals surface area contributed by atoms with Crippen molar-refractivity contribution in [2.45, 2.75) is 516 Å². The van der Waals surface area contributed by atoms with E-state index in [1.807, 2.05) is 0 Å². The maximum atomic E-state index is 4.17. The van der Waals surface area contributed by atoms with E-state index >= 15 is 0 Å². The second-order valence-electron chi connectivity index (χ2n) is 29.9. The fourth-order valence-electron chi connectivity index (χ4n) is 14.3. The van der Waals surface area contributed by atoms with Gasteiger partial charge in [0.05, 0.1) is 0 Å². The maximum Gasteiger partial charge on any atom is 0.0385 e. The van der Waals surface area contributed by atoms with Crippen LogP contribution >= 0.6 is 0 Å². The monoisotopic (exact) mass is 1250 g/mol. The highest BCUT2D eigenvalue weighted by Crippen LogP contribution is 2.39. The average molecular weight is 1250 g/mol. The zero-order chi connectivity index (χ0) is 64.8. The van der Waals surface area contributed by atoms with Crippen LogP contribution in [-0.4, -0.2) is 0 Å². The first kappa shape index (κ1) is 88.7. The lowest BCUT2D eigenvalue weighted by Gasteiger charge is -2.29. The van der Waals surface area contributed by atoms with Gasteiger partial charge in [0.2, 0.25) is 0 Å². The smallest absolute Gasteiger partial charge is 0.0385 e. The molecule has 90 heavy (non-hydrogen) atoms. The van der Waals surface area contributed by atoms with Gasteiger partial charge in [0.1, 0.15) is 0 Å². The van der Waals surface area contributed by atoms with Gasteiger partial charge in [-0.05, 0) is 63.9 Å². The molecule has 0 aromatic heterocycles. The van der Waals surface area contributed by atoms with Crippen molar-refractivity contribution < 1.29 is 0 Å². The number of allylic oxidation sites excluding steroid dienone is 7. The molecule has 0 bridgehead atoms. The van der Waals surface area contributed by atoms with Gasteiger partial charge in [0.15, 0.2) is 0 Å². The summed E-state index contributed by atoms with van der Waals surface area (Å²) in [6.45, 7) is 11.7. The molecule has 0 nitrogen and oxygen atoms in total. The van der Waals surface area contributed by atoms with Gasteiger partial charge in [-0.2, -0.15) is 0 Å². The van der Waals surface area contributed by atoms with Crippen molar-refractivity contribution in [1.82, 2.24) is 0 Å². The van der Waals surface area contributed by atoms with Gasteiger partial charge >= 0.3 is 0 Å². The van der Waals surface area contributed by atoms with Crippen molar-refractivity contribution >= 4 is 0 Å².